The maximum atomic E-state index is 5.53. The molecule has 0 aliphatic heterocycles. The molecule has 2 N–H and O–H groups in total. The van der Waals surface area contributed by atoms with Crippen LogP contribution in [-0.4, -0.2) is 9.57 Å². The molecule has 0 aromatic carbocycles. The van der Waals surface area contributed by atoms with E-state index in [4.69, 9.17) is 18.0 Å². The third-order valence-electron chi connectivity index (χ3n) is 2.90. The third kappa shape index (κ3) is 2.63. The number of thioether (sulfide) groups is 1. The first-order chi connectivity index (χ1) is 5.61. The van der Waals surface area contributed by atoms with Crippen LogP contribution in [0.5, 0.6) is 0 Å². The molecule has 1 aliphatic carbocycles. The summed E-state index contributed by atoms with van der Waals surface area (Å²) in [4.78, 5) is 0. The van der Waals surface area contributed by atoms with Crippen LogP contribution < -0.4 is 5.73 Å². The predicted molar refractivity (Wildman–Crippen MR) is 60.3 cm³/mol. The quantitative estimate of drug-likeness (QED) is 0.664. The highest BCUT2D eigenvalue weighted by atomic mass is 32.2. The van der Waals surface area contributed by atoms with Gasteiger partial charge in [0, 0.05) is 5.25 Å². The van der Waals surface area contributed by atoms with Crippen molar-refractivity contribution in [2.75, 3.05) is 0 Å². The number of hydrogen-bond acceptors (Lipinski definition) is 2. The van der Waals surface area contributed by atoms with Crippen LogP contribution in [0, 0.1) is 11.8 Å². The molecule has 0 heterocycles. The molecule has 1 rings (SSSR count). The van der Waals surface area contributed by atoms with E-state index in [0.717, 1.165) is 11.8 Å². The second-order valence-corrected chi connectivity index (χ2v) is 5.72. The Hall–Kier alpha value is 0.240. The molecule has 12 heavy (non-hydrogen) atoms. The molecule has 0 bridgehead atoms. The molecule has 1 aliphatic rings. The van der Waals surface area contributed by atoms with Crippen molar-refractivity contribution in [1.29, 1.82) is 0 Å². The van der Waals surface area contributed by atoms with Crippen molar-refractivity contribution in [3.63, 3.8) is 0 Å². The van der Waals surface area contributed by atoms with Crippen LogP contribution in [0.3, 0.4) is 0 Å². The van der Waals surface area contributed by atoms with Crippen molar-refractivity contribution in [2.24, 2.45) is 17.6 Å². The number of nitrogens with two attached hydrogens (primary N) is 1. The van der Waals surface area contributed by atoms with Gasteiger partial charge in [-0.3, -0.25) is 0 Å². The molecule has 0 amide bonds. The standard InChI is InChI=1S/C9H17NS2/c1-6-4-3-5-8(7(6)2)12-9(10)11/h6-8H,3-5H2,1-2H3,(H2,10,11). The highest BCUT2D eigenvalue weighted by molar-refractivity contribution is 8.23. The van der Waals surface area contributed by atoms with Gasteiger partial charge in [0.05, 0.1) is 0 Å². The van der Waals surface area contributed by atoms with Gasteiger partial charge in [0.2, 0.25) is 0 Å². The van der Waals surface area contributed by atoms with Gasteiger partial charge >= 0.3 is 0 Å². The average molecular weight is 203 g/mol. The fourth-order valence-electron chi connectivity index (χ4n) is 1.85. The van der Waals surface area contributed by atoms with E-state index in [2.05, 4.69) is 13.8 Å². The van der Waals surface area contributed by atoms with Crippen molar-refractivity contribution in [3.8, 4) is 0 Å². The zero-order chi connectivity index (χ0) is 9.14. The molecule has 1 nitrogen and oxygen atoms in total. The Morgan fingerprint density at radius 1 is 1.42 bits per heavy atom. The Bertz CT molecular complexity index is 170. The Morgan fingerprint density at radius 3 is 2.67 bits per heavy atom. The van der Waals surface area contributed by atoms with Crippen molar-refractivity contribution >= 4 is 28.3 Å². The van der Waals surface area contributed by atoms with Gasteiger partial charge in [0.15, 0.2) is 0 Å². The topological polar surface area (TPSA) is 26.0 Å². The van der Waals surface area contributed by atoms with Gasteiger partial charge < -0.3 is 5.73 Å². The summed E-state index contributed by atoms with van der Waals surface area (Å²) >= 11 is 6.61. The minimum absolute atomic E-state index is 0.612. The molecule has 3 heteroatoms. The molecule has 0 saturated heterocycles. The second kappa shape index (κ2) is 4.47. The summed E-state index contributed by atoms with van der Waals surface area (Å²) in [7, 11) is 0. The number of thiocarbonyl (C=S) groups is 1. The van der Waals surface area contributed by atoms with Crippen molar-refractivity contribution in [1.82, 2.24) is 0 Å². The van der Waals surface area contributed by atoms with Crippen LogP contribution >= 0.6 is 24.0 Å². The van der Waals surface area contributed by atoms with Crippen molar-refractivity contribution in [3.05, 3.63) is 0 Å². The molecular formula is C9H17NS2. The van der Waals surface area contributed by atoms with E-state index in [0.29, 0.717) is 9.57 Å². The molecule has 70 valence electrons. The van der Waals surface area contributed by atoms with E-state index in [1.165, 1.54) is 19.3 Å². The van der Waals surface area contributed by atoms with Gasteiger partial charge in [-0.2, -0.15) is 0 Å². The summed E-state index contributed by atoms with van der Waals surface area (Å²) in [6.07, 6.45) is 3.99. The molecule has 0 radical (unpaired) electrons. The Kier molecular flexibility index (Phi) is 3.84. The van der Waals surface area contributed by atoms with E-state index in [1.54, 1.807) is 11.8 Å². The normalized spacial score (nSPS) is 36.3. The van der Waals surface area contributed by atoms with Gasteiger partial charge in [0.1, 0.15) is 4.32 Å². The first-order valence-electron chi connectivity index (χ1n) is 4.57. The van der Waals surface area contributed by atoms with Gasteiger partial charge in [-0.15, -0.1) is 0 Å². The summed E-state index contributed by atoms with van der Waals surface area (Å²) in [5.74, 6) is 1.61. The summed E-state index contributed by atoms with van der Waals surface area (Å²) in [6, 6.07) is 0. The fourth-order valence-corrected chi connectivity index (χ4v) is 3.29. The zero-order valence-corrected chi connectivity index (χ0v) is 9.38. The maximum Gasteiger partial charge on any atom is 0.131 e. The maximum absolute atomic E-state index is 5.53. The lowest BCUT2D eigenvalue weighted by Crippen LogP contribution is -2.28. The average Bonchev–Trinajstić information content (AvgIpc) is 1.98. The summed E-state index contributed by atoms with van der Waals surface area (Å²) in [5, 5.41) is 0.672. The first-order valence-corrected chi connectivity index (χ1v) is 5.86. The summed E-state index contributed by atoms with van der Waals surface area (Å²) < 4.78 is 0.612. The number of rotatable bonds is 1. The lowest BCUT2D eigenvalue weighted by molar-refractivity contribution is 0.287. The Balaban J connectivity index is 2.46. The number of hydrogen-bond donors (Lipinski definition) is 1. The molecule has 3 atom stereocenters. The molecule has 1 saturated carbocycles. The first kappa shape index (κ1) is 10.3. The van der Waals surface area contributed by atoms with Crippen molar-refractivity contribution < 1.29 is 0 Å². The third-order valence-corrected chi connectivity index (χ3v) is 4.39. The predicted octanol–water partition coefficient (Wildman–Crippen LogP) is 2.79. The van der Waals surface area contributed by atoms with E-state index >= 15 is 0 Å². The summed E-state index contributed by atoms with van der Waals surface area (Å²) in [5.41, 5.74) is 5.53. The minimum atomic E-state index is 0.612. The van der Waals surface area contributed by atoms with Crippen LogP contribution in [0.4, 0.5) is 0 Å². The molecular weight excluding hydrogens is 186 g/mol. The van der Waals surface area contributed by atoms with Gasteiger partial charge in [0.25, 0.3) is 0 Å². The molecule has 0 spiro atoms. The van der Waals surface area contributed by atoms with Gasteiger partial charge in [-0.25, -0.2) is 0 Å². The summed E-state index contributed by atoms with van der Waals surface area (Å²) in [6.45, 7) is 4.65. The molecule has 3 unspecified atom stereocenters. The van der Waals surface area contributed by atoms with E-state index in [1.807, 2.05) is 0 Å². The lowest BCUT2D eigenvalue weighted by Gasteiger charge is -2.33. The second-order valence-electron chi connectivity index (χ2n) is 3.74. The van der Waals surface area contributed by atoms with Crippen LogP contribution in [-0.2, 0) is 0 Å². The Labute approximate surface area is 84.5 Å². The fraction of sp³-hybridized carbons (Fsp3) is 0.889. The highest BCUT2D eigenvalue weighted by Gasteiger charge is 2.27. The highest BCUT2D eigenvalue weighted by Crippen LogP contribution is 2.36. The molecule has 0 aromatic heterocycles. The van der Waals surface area contributed by atoms with Crippen molar-refractivity contribution in [2.45, 2.75) is 38.4 Å². The molecule has 1 fully saturated rings. The van der Waals surface area contributed by atoms with Gasteiger partial charge in [-0.05, 0) is 18.3 Å². The zero-order valence-electron chi connectivity index (χ0n) is 7.75. The molecule has 0 aromatic rings. The smallest absolute Gasteiger partial charge is 0.131 e. The van der Waals surface area contributed by atoms with E-state index in [9.17, 15) is 0 Å². The van der Waals surface area contributed by atoms with Crippen LogP contribution in [0.25, 0.3) is 0 Å². The van der Waals surface area contributed by atoms with Crippen LogP contribution in [0.1, 0.15) is 33.1 Å². The van der Waals surface area contributed by atoms with E-state index in [-0.39, 0.29) is 0 Å². The minimum Gasteiger partial charge on any atom is -0.385 e. The lowest BCUT2D eigenvalue weighted by atomic mass is 9.81. The van der Waals surface area contributed by atoms with Crippen LogP contribution in [0.15, 0.2) is 0 Å². The van der Waals surface area contributed by atoms with Crippen LogP contribution in [0.2, 0.25) is 0 Å². The monoisotopic (exact) mass is 203 g/mol. The Morgan fingerprint density at radius 2 is 2.08 bits per heavy atom. The van der Waals surface area contributed by atoms with Gasteiger partial charge in [-0.1, -0.05) is 50.7 Å². The van der Waals surface area contributed by atoms with E-state index < -0.39 is 0 Å². The largest absolute Gasteiger partial charge is 0.385 e. The SMILES string of the molecule is CC1CCCC(SC(N)=S)C1C.